The van der Waals surface area contributed by atoms with Crippen LogP contribution in [0, 0.1) is 0 Å². The number of hydrazone groups is 1. The van der Waals surface area contributed by atoms with Gasteiger partial charge in [0.1, 0.15) is 5.75 Å². The summed E-state index contributed by atoms with van der Waals surface area (Å²) in [6.45, 7) is 3.79. The van der Waals surface area contributed by atoms with Gasteiger partial charge in [0.05, 0.1) is 6.61 Å². The third kappa shape index (κ3) is 2.87. The van der Waals surface area contributed by atoms with Gasteiger partial charge in [0, 0.05) is 17.7 Å². The fourth-order valence-electron chi connectivity index (χ4n) is 2.12. The van der Waals surface area contributed by atoms with Crippen LogP contribution in [0.15, 0.2) is 29.4 Å². The number of rotatable bonds is 4. The number of hydrogen-bond donors (Lipinski definition) is 1. The minimum Gasteiger partial charge on any atom is -0.494 e. The Morgan fingerprint density at radius 3 is 2.62 bits per heavy atom. The van der Waals surface area contributed by atoms with E-state index in [9.17, 15) is 18.7 Å². The molecule has 1 aliphatic rings. The van der Waals surface area contributed by atoms with Crippen molar-refractivity contribution in [2.45, 2.75) is 32.4 Å². The molecule has 0 saturated heterocycles. The van der Waals surface area contributed by atoms with Gasteiger partial charge in [0.15, 0.2) is 0 Å². The lowest BCUT2D eigenvalue weighted by atomic mass is 10.1. The minimum atomic E-state index is -3.11. The summed E-state index contributed by atoms with van der Waals surface area (Å²) in [5.41, 5.74) is -2.16. The van der Waals surface area contributed by atoms with Crippen LogP contribution < -0.4 is 4.74 Å². The van der Waals surface area contributed by atoms with Crippen molar-refractivity contribution in [2.75, 3.05) is 6.61 Å². The highest BCUT2D eigenvalue weighted by atomic mass is 19.3. The van der Waals surface area contributed by atoms with Crippen LogP contribution in [0.5, 0.6) is 5.75 Å². The molecule has 5 nitrogen and oxygen atoms in total. The van der Waals surface area contributed by atoms with Crippen LogP contribution in [-0.2, 0) is 0 Å². The quantitative estimate of drug-likeness (QED) is 0.927. The molecule has 7 heteroatoms. The topological polar surface area (TPSA) is 62.1 Å². The Balaban J connectivity index is 2.26. The van der Waals surface area contributed by atoms with Crippen LogP contribution >= 0.6 is 0 Å². The summed E-state index contributed by atoms with van der Waals surface area (Å²) in [6.07, 6.45) is -3.47. The van der Waals surface area contributed by atoms with Crippen molar-refractivity contribution in [3.8, 4) is 5.75 Å². The van der Waals surface area contributed by atoms with Gasteiger partial charge in [-0.1, -0.05) is 0 Å². The largest absolute Gasteiger partial charge is 0.494 e. The number of hydrogen-bond acceptors (Lipinski definition) is 4. The number of aliphatic hydroxyl groups is 1. The van der Waals surface area contributed by atoms with Gasteiger partial charge in [0.2, 0.25) is 5.72 Å². The maximum atomic E-state index is 13.1. The summed E-state index contributed by atoms with van der Waals surface area (Å²) in [4.78, 5) is 12.3. The lowest BCUT2D eigenvalue weighted by Crippen LogP contribution is -2.51. The first-order chi connectivity index (χ1) is 9.88. The van der Waals surface area contributed by atoms with E-state index in [-0.39, 0.29) is 17.7 Å². The van der Waals surface area contributed by atoms with Crippen molar-refractivity contribution in [3.63, 3.8) is 0 Å². The zero-order valence-corrected chi connectivity index (χ0v) is 11.7. The zero-order valence-electron chi connectivity index (χ0n) is 11.7. The first-order valence-corrected chi connectivity index (χ1v) is 6.50. The van der Waals surface area contributed by atoms with Crippen LogP contribution in [0.3, 0.4) is 0 Å². The summed E-state index contributed by atoms with van der Waals surface area (Å²) >= 11 is 0. The Bertz CT molecular complexity index is 560. The van der Waals surface area contributed by atoms with Crippen LogP contribution in [0.4, 0.5) is 8.78 Å². The van der Waals surface area contributed by atoms with Gasteiger partial charge < -0.3 is 9.84 Å². The molecule has 1 N–H and O–H groups in total. The number of amides is 1. The number of ether oxygens (including phenoxy) is 1. The molecular formula is C14H16F2N2O3. The molecule has 114 valence electrons. The fraction of sp³-hybridized carbons (Fsp3) is 0.429. The van der Waals surface area contributed by atoms with Gasteiger partial charge in [-0.2, -0.15) is 10.1 Å². The van der Waals surface area contributed by atoms with Crippen LogP contribution in [0.1, 0.15) is 30.6 Å². The number of carbonyl (C=O) groups is 1. The van der Waals surface area contributed by atoms with E-state index in [1.165, 1.54) is 19.1 Å². The van der Waals surface area contributed by atoms with E-state index in [0.29, 0.717) is 17.4 Å². The molecule has 1 aliphatic heterocycles. The normalized spacial score (nSPS) is 21.6. The first-order valence-electron chi connectivity index (χ1n) is 6.50. The van der Waals surface area contributed by atoms with E-state index in [0.717, 1.165) is 0 Å². The molecule has 2 rings (SSSR count). The van der Waals surface area contributed by atoms with Gasteiger partial charge in [-0.05, 0) is 38.1 Å². The molecule has 1 amide bonds. The molecule has 1 aromatic carbocycles. The van der Waals surface area contributed by atoms with E-state index in [1.54, 1.807) is 12.1 Å². The molecule has 1 unspecified atom stereocenters. The Morgan fingerprint density at radius 1 is 1.48 bits per heavy atom. The molecule has 1 atom stereocenters. The van der Waals surface area contributed by atoms with Gasteiger partial charge in [-0.3, -0.25) is 4.79 Å². The van der Waals surface area contributed by atoms with Crippen molar-refractivity contribution in [1.82, 2.24) is 5.01 Å². The van der Waals surface area contributed by atoms with Crippen LogP contribution in [0.2, 0.25) is 0 Å². The molecule has 1 aromatic rings. The number of alkyl halides is 2. The second kappa shape index (κ2) is 5.77. The number of halogens is 2. The van der Waals surface area contributed by atoms with Crippen molar-refractivity contribution >= 4 is 11.6 Å². The van der Waals surface area contributed by atoms with Crippen molar-refractivity contribution in [3.05, 3.63) is 29.8 Å². The fourth-order valence-corrected chi connectivity index (χ4v) is 2.12. The molecule has 0 spiro atoms. The Labute approximate surface area is 120 Å². The average Bonchev–Trinajstić information content (AvgIpc) is 2.76. The molecule has 0 fully saturated rings. The molecular weight excluding hydrogens is 282 g/mol. The second-order valence-corrected chi connectivity index (χ2v) is 4.77. The SMILES string of the molecule is CCOc1ccc(C(=O)N2N=C(C)CC2(O)C(F)F)cc1. The van der Waals surface area contributed by atoms with E-state index < -0.39 is 18.1 Å². The van der Waals surface area contributed by atoms with Gasteiger partial charge in [-0.15, -0.1) is 0 Å². The standard InChI is InChI=1S/C14H16F2N2O3/c1-3-21-11-6-4-10(5-7-11)12(19)18-14(20,13(15)16)8-9(2)17-18/h4-7,13,20H,3,8H2,1-2H3. The van der Waals surface area contributed by atoms with Crippen molar-refractivity contribution in [1.29, 1.82) is 0 Å². The molecule has 0 aromatic heterocycles. The Hall–Kier alpha value is -2.02. The average molecular weight is 298 g/mol. The summed E-state index contributed by atoms with van der Waals surface area (Å²) in [5.74, 6) is -0.211. The van der Waals surface area contributed by atoms with Crippen molar-refractivity contribution < 1.29 is 23.4 Å². The Morgan fingerprint density at radius 2 is 2.10 bits per heavy atom. The summed E-state index contributed by atoms with van der Waals surface area (Å²) < 4.78 is 31.3. The van der Waals surface area contributed by atoms with Crippen LogP contribution in [0.25, 0.3) is 0 Å². The van der Waals surface area contributed by atoms with Gasteiger partial charge in [-0.25, -0.2) is 8.78 Å². The van der Waals surface area contributed by atoms with Gasteiger partial charge in [0.25, 0.3) is 12.3 Å². The third-order valence-corrected chi connectivity index (χ3v) is 3.11. The van der Waals surface area contributed by atoms with Gasteiger partial charge >= 0.3 is 0 Å². The summed E-state index contributed by atoms with van der Waals surface area (Å²) in [7, 11) is 0. The monoisotopic (exact) mass is 298 g/mol. The van der Waals surface area contributed by atoms with E-state index in [4.69, 9.17) is 4.74 Å². The Kier molecular flexibility index (Phi) is 4.22. The summed E-state index contributed by atoms with van der Waals surface area (Å²) in [6, 6.07) is 6.01. The number of carbonyl (C=O) groups excluding carboxylic acids is 1. The maximum Gasteiger partial charge on any atom is 0.287 e. The number of benzene rings is 1. The molecule has 1 heterocycles. The lowest BCUT2D eigenvalue weighted by Gasteiger charge is -2.30. The molecule has 21 heavy (non-hydrogen) atoms. The predicted octanol–water partition coefficient (Wildman–Crippen LogP) is 2.26. The minimum absolute atomic E-state index is 0.149. The van der Waals surface area contributed by atoms with Crippen molar-refractivity contribution in [2.24, 2.45) is 5.10 Å². The second-order valence-electron chi connectivity index (χ2n) is 4.77. The first kappa shape index (κ1) is 15.4. The zero-order chi connectivity index (χ0) is 15.6. The predicted molar refractivity (Wildman–Crippen MR) is 72.5 cm³/mol. The van der Waals surface area contributed by atoms with Crippen LogP contribution in [-0.4, -0.2) is 40.5 Å². The molecule has 0 radical (unpaired) electrons. The highest BCUT2D eigenvalue weighted by Crippen LogP contribution is 2.32. The smallest absolute Gasteiger partial charge is 0.287 e. The lowest BCUT2D eigenvalue weighted by molar-refractivity contribution is -0.164. The highest BCUT2D eigenvalue weighted by molar-refractivity contribution is 5.97. The van der Waals surface area contributed by atoms with E-state index >= 15 is 0 Å². The molecule has 0 saturated carbocycles. The van der Waals surface area contributed by atoms with E-state index in [1.807, 2.05) is 6.92 Å². The number of nitrogens with zero attached hydrogens (tertiary/aromatic N) is 2. The molecule has 0 aliphatic carbocycles. The highest BCUT2D eigenvalue weighted by Gasteiger charge is 2.51. The summed E-state index contributed by atoms with van der Waals surface area (Å²) in [5, 5.41) is 14.2. The third-order valence-electron chi connectivity index (χ3n) is 3.11. The van der Waals surface area contributed by atoms with E-state index in [2.05, 4.69) is 5.10 Å². The maximum absolute atomic E-state index is 13.1. The molecule has 0 bridgehead atoms.